The van der Waals surface area contributed by atoms with Gasteiger partial charge in [0.05, 0.1) is 6.61 Å². The minimum Gasteiger partial charge on any atom is -0.491 e. The Labute approximate surface area is 130 Å². The third kappa shape index (κ3) is 6.58. The van der Waals surface area contributed by atoms with Crippen molar-refractivity contribution in [3.05, 3.63) is 30.3 Å². The SMILES string of the molecule is CCC(C)N(CC(=O)O)C(=O)COCCOc1ccccc1. The third-order valence-electron chi connectivity index (χ3n) is 3.21. The Morgan fingerprint density at radius 1 is 1.23 bits per heavy atom. The average Bonchev–Trinajstić information content (AvgIpc) is 2.52. The van der Waals surface area contributed by atoms with Gasteiger partial charge in [-0.2, -0.15) is 0 Å². The Balaban J connectivity index is 2.29. The molecule has 1 N–H and O–H groups in total. The smallest absolute Gasteiger partial charge is 0.323 e. The monoisotopic (exact) mass is 309 g/mol. The van der Waals surface area contributed by atoms with Gasteiger partial charge in [0.1, 0.15) is 25.5 Å². The van der Waals surface area contributed by atoms with E-state index in [2.05, 4.69) is 0 Å². The summed E-state index contributed by atoms with van der Waals surface area (Å²) >= 11 is 0. The lowest BCUT2D eigenvalue weighted by atomic mass is 10.2. The van der Waals surface area contributed by atoms with Gasteiger partial charge in [0.25, 0.3) is 0 Å². The Hall–Kier alpha value is -2.08. The third-order valence-corrected chi connectivity index (χ3v) is 3.21. The molecule has 1 aromatic rings. The molecule has 1 rings (SSSR count). The van der Waals surface area contributed by atoms with Gasteiger partial charge in [-0.15, -0.1) is 0 Å². The van der Waals surface area contributed by atoms with Crippen LogP contribution in [0.4, 0.5) is 0 Å². The fourth-order valence-electron chi connectivity index (χ4n) is 1.83. The van der Waals surface area contributed by atoms with Crippen LogP contribution in [0.2, 0.25) is 0 Å². The molecule has 0 saturated heterocycles. The highest BCUT2D eigenvalue weighted by molar-refractivity contribution is 5.82. The Morgan fingerprint density at radius 3 is 2.50 bits per heavy atom. The molecule has 1 aromatic carbocycles. The fraction of sp³-hybridized carbons (Fsp3) is 0.500. The van der Waals surface area contributed by atoms with Crippen molar-refractivity contribution in [2.24, 2.45) is 0 Å². The minimum atomic E-state index is -1.03. The molecule has 0 radical (unpaired) electrons. The van der Waals surface area contributed by atoms with Crippen molar-refractivity contribution >= 4 is 11.9 Å². The van der Waals surface area contributed by atoms with Gasteiger partial charge in [0, 0.05) is 6.04 Å². The van der Waals surface area contributed by atoms with E-state index in [0.717, 1.165) is 5.75 Å². The van der Waals surface area contributed by atoms with Crippen molar-refractivity contribution in [2.75, 3.05) is 26.4 Å². The van der Waals surface area contributed by atoms with E-state index < -0.39 is 5.97 Å². The van der Waals surface area contributed by atoms with E-state index in [1.54, 1.807) is 0 Å². The standard InChI is InChI=1S/C16H23NO5/c1-3-13(2)17(11-16(19)20)15(18)12-21-9-10-22-14-7-5-4-6-8-14/h4-8,13H,3,9-12H2,1-2H3,(H,19,20). The van der Waals surface area contributed by atoms with Crippen LogP contribution in [0.5, 0.6) is 5.75 Å². The van der Waals surface area contributed by atoms with Crippen molar-refractivity contribution in [3.8, 4) is 5.75 Å². The molecule has 0 aliphatic carbocycles. The van der Waals surface area contributed by atoms with Crippen LogP contribution in [0.1, 0.15) is 20.3 Å². The predicted molar refractivity (Wildman–Crippen MR) is 81.9 cm³/mol. The molecule has 1 unspecified atom stereocenters. The van der Waals surface area contributed by atoms with Crippen molar-refractivity contribution < 1.29 is 24.2 Å². The number of benzene rings is 1. The first-order valence-electron chi connectivity index (χ1n) is 7.31. The first kappa shape index (κ1) is 18.0. The second kappa shape index (κ2) is 9.78. The van der Waals surface area contributed by atoms with Gasteiger partial charge in [-0.05, 0) is 25.5 Å². The highest BCUT2D eigenvalue weighted by Gasteiger charge is 2.21. The maximum Gasteiger partial charge on any atom is 0.323 e. The maximum atomic E-state index is 12.0. The number of carbonyl (C=O) groups is 2. The molecule has 0 aliphatic rings. The topological polar surface area (TPSA) is 76.1 Å². The fourth-order valence-corrected chi connectivity index (χ4v) is 1.83. The lowest BCUT2D eigenvalue weighted by molar-refractivity contribution is -0.148. The van der Waals surface area contributed by atoms with Crippen molar-refractivity contribution in [1.29, 1.82) is 0 Å². The highest BCUT2D eigenvalue weighted by Crippen LogP contribution is 2.08. The molecular formula is C16H23NO5. The number of carboxylic acids is 1. The zero-order valence-corrected chi connectivity index (χ0v) is 13.0. The van der Waals surface area contributed by atoms with E-state index in [9.17, 15) is 9.59 Å². The van der Waals surface area contributed by atoms with Gasteiger partial charge in [-0.3, -0.25) is 9.59 Å². The van der Waals surface area contributed by atoms with E-state index in [4.69, 9.17) is 14.6 Å². The summed E-state index contributed by atoms with van der Waals surface area (Å²) in [5.74, 6) is -0.609. The summed E-state index contributed by atoms with van der Waals surface area (Å²) in [7, 11) is 0. The van der Waals surface area contributed by atoms with Crippen LogP contribution in [-0.4, -0.2) is 54.3 Å². The summed E-state index contributed by atoms with van der Waals surface area (Å²) in [5.41, 5.74) is 0. The summed E-state index contributed by atoms with van der Waals surface area (Å²) in [6.45, 7) is 3.87. The van der Waals surface area contributed by atoms with E-state index in [-0.39, 0.29) is 31.7 Å². The van der Waals surface area contributed by atoms with E-state index >= 15 is 0 Å². The van der Waals surface area contributed by atoms with E-state index in [0.29, 0.717) is 13.0 Å². The number of para-hydroxylation sites is 1. The predicted octanol–water partition coefficient (Wildman–Crippen LogP) is 1.79. The summed E-state index contributed by atoms with van der Waals surface area (Å²) in [4.78, 5) is 24.1. The molecule has 0 spiro atoms. The van der Waals surface area contributed by atoms with Crippen LogP contribution < -0.4 is 4.74 Å². The van der Waals surface area contributed by atoms with E-state index in [1.165, 1.54) is 4.90 Å². The van der Waals surface area contributed by atoms with Crippen LogP contribution in [0, 0.1) is 0 Å². The zero-order valence-electron chi connectivity index (χ0n) is 13.0. The Kier molecular flexibility index (Phi) is 7.99. The first-order chi connectivity index (χ1) is 10.5. The first-order valence-corrected chi connectivity index (χ1v) is 7.31. The largest absolute Gasteiger partial charge is 0.491 e. The lowest BCUT2D eigenvalue weighted by Crippen LogP contribution is -2.43. The summed E-state index contributed by atoms with van der Waals surface area (Å²) in [6, 6.07) is 9.18. The Morgan fingerprint density at radius 2 is 1.91 bits per heavy atom. The van der Waals surface area contributed by atoms with Gasteiger partial charge in [0.15, 0.2) is 0 Å². The number of nitrogens with zero attached hydrogens (tertiary/aromatic N) is 1. The molecule has 6 nitrogen and oxygen atoms in total. The molecule has 0 bridgehead atoms. The van der Waals surface area contributed by atoms with Crippen molar-refractivity contribution in [1.82, 2.24) is 4.90 Å². The molecule has 0 saturated carbocycles. The normalized spacial score (nSPS) is 11.7. The Bertz CT molecular complexity index is 463. The quantitative estimate of drug-likeness (QED) is 0.667. The molecule has 1 amide bonds. The lowest BCUT2D eigenvalue weighted by Gasteiger charge is -2.26. The number of aliphatic carboxylic acids is 1. The number of amides is 1. The number of hydrogen-bond acceptors (Lipinski definition) is 4. The molecule has 6 heteroatoms. The van der Waals surface area contributed by atoms with Crippen molar-refractivity contribution in [2.45, 2.75) is 26.3 Å². The second-order valence-electron chi connectivity index (χ2n) is 4.89. The molecule has 0 aliphatic heterocycles. The maximum absolute atomic E-state index is 12.0. The van der Waals surface area contributed by atoms with Gasteiger partial charge in [0.2, 0.25) is 5.91 Å². The van der Waals surface area contributed by atoms with Gasteiger partial charge in [-0.25, -0.2) is 0 Å². The van der Waals surface area contributed by atoms with Crippen LogP contribution in [0.25, 0.3) is 0 Å². The molecule has 0 heterocycles. The zero-order chi connectivity index (χ0) is 16.4. The summed E-state index contributed by atoms with van der Waals surface area (Å²) < 4.78 is 10.7. The van der Waals surface area contributed by atoms with Crippen LogP contribution in [-0.2, 0) is 14.3 Å². The van der Waals surface area contributed by atoms with E-state index in [1.807, 2.05) is 44.2 Å². The summed E-state index contributed by atoms with van der Waals surface area (Å²) in [5, 5.41) is 8.86. The average molecular weight is 309 g/mol. The van der Waals surface area contributed by atoms with Gasteiger partial charge in [-0.1, -0.05) is 25.1 Å². The molecule has 22 heavy (non-hydrogen) atoms. The number of carbonyl (C=O) groups excluding carboxylic acids is 1. The van der Waals surface area contributed by atoms with Crippen molar-refractivity contribution in [3.63, 3.8) is 0 Å². The second-order valence-corrected chi connectivity index (χ2v) is 4.89. The summed E-state index contributed by atoms with van der Waals surface area (Å²) in [6.07, 6.45) is 0.691. The van der Waals surface area contributed by atoms with Crippen LogP contribution >= 0.6 is 0 Å². The minimum absolute atomic E-state index is 0.132. The van der Waals surface area contributed by atoms with Crippen LogP contribution in [0.3, 0.4) is 0 Å². The molecule has 0 aromatic heterocycles. The number of ether oxygens (including phenoxy) is 2. The molecule has 122 valence electrons. The molecular weight excluding hydrogens is 286 g/mol. The number of carboxylic acid groups (broad SMARTS) is 1. The highest BCUT2D eigenvalue weighted by atomic mass is 16.5. The van der Waals surface area contributed by atoms with Gasteiger partial charge >= 0.3 is 5.97 Å². The number of rotatable bonds is 10. The number of hydrogen-bond donors (Lipinski definition) is 1. The molecule has 1 atom stereocenters. The van der Waals surface area contributed by atoms with Crippen LogP contribution in [0.15, 0.2) is 30.3 Å². The molecule has 0 fully saturated rings. The van der Waals surface area contributed by atoms with Gasteiger partial charge < -0.3 is 19.5 Å².